The zero-order valence-electron chi connectivity index (χ0n) is 13.6. The monoisotopic (exact) mass is 351 g/mol. The average molecular weight is 351 g/mol. The zero-order chi connectivity index (χ0) is 17.4. The van der Waals surface area contributed by atoms with Crippen LogP contribution in [0.2, 0.25) is 0 Å². The highest BCUT2D eigenvalue weighted by Crippen LogP contribution is 2.32. The molecule has 1 atom stereocenters. The van der Waals surface area contributed by atoms with Gasteiger partial charge in [0, 0.05) is 50.1 Å². The number of nitrogens with one attached hydrogen (secondary N) is 1. The van der Waals surface area contributed by atoms with Crippen LogP contribution in [0, 0.1) is 5.41 Å². The molecule has 24 heavy (non-hydrogen) atoms. The van der Waals surface area contributed by atoms with Gasteiger partial charge in [0.15, 0.2) is 0 Å². The number of nitrogens with zero attached hydrogens (tertiary/aromatic N) is 2. The molecule has 8 heteroatoms. The Morgan fingerprint density at radius 1 is 1.17 bits per heavy atom. The van der Waals surface area contributed by atoms with Crippen molar-refractivity contribution in [2.45, 2.75) is 6.42 Å². The van der Waals surface area contributed by atoms with Crippen molar-refractivity contribution in [3.8, 4) is 0 Å². The number of hydrogen-bond acceptors (Lipinski definition) is 4. The van der Waals surface area contributed by atoms with Crippen LogP contribution in [0.15, 0.2) is 30.3 Å². The number of carbonyl (C=O) groups excluding carboxylic acids is 2. The first kappa shape index (κ1) is 16.9. The molecule has 2 saturated heterocycles. The third-order valence-corrected chi connectivity index (χ3v) is 5.88. The second-order valence-corrected chi connectivity index (χ2v) is 8.63. The van der Waals surface area contributed by atoms with Gasteiger partial charge in [-0.05, 0) is 12.1 Å². The van der Waals surface area contributed by atoms with E-state index in [1.54, 1.807) is 29.2 Å². The van der Waals surface area contributed by atoms with Gasteiger partial charge in [-0.25, -0.2) is 8.42 Å². The largest absolute Gasteiger partial charge is 0.355 e. The van der Waals surface area contributed by atoms with E-state index in [1.807, 2.05) is 6.07 Å². The summed E-state index contributed by atoms with van der Waals surface area (Å²) in [7, 11) is -3.39. The third kappa shape index (κ3) is 3.44. The Balaban J connectivity index is 1.89. The Bertz CT molecular complexity index is 750. The van der Waals surface area contributed by atoms with Gasteiger partial charge < -0.3 is 10.2 Å². The zero-order valence-corrected chi connectivity index (χ0v) is 14.4. The lowest BCUT2D eigenvalue weighted by Crippen LogP contribution is -2.44. The van der Waals surface area contributed by atoms with E-state index < -0.39 is 15.4 Å². The van der Waals surface area contributed by atoms with Crippen LogP contribution in [0.3, 0.4) is 0 Å². The highest BCUT2D eigenvalue weighted by atomic mass is 32.2. The van der Waals surface area contributed by atoms with Crippen LogP contribution in [-0.2, 0) is 14.8 Å². The van der Waals surface area contributed by atoms with Crippen molar-refractivity contribution in [1.82, 2.24) is 14.5 Å². The normalized spacial score (nSPS) is 25.5. The molecular weight excluding hydrogens is 330 g/mol. The summed E-state index contributed by atoms with van der Waals surface area (Å²) in [5, 5.41) is 2.78. The van der Waals surface area contributed by atoms with Gasteiger partial charge in [-0.2, -0.15) is 4.31 Å². The molecule has 1 aromatic carbocycles. The summed E-state index contributed by atoms with van der Waals surface area (Å²) in [6, 6.07) is 8.92. The predicted molar refractivity (Wildman–Crippen MR) is 88.8 cm³/mol. The SMILES string of the molecule is CS(=O)(=O)N1CCN(C(=O)c2ccccc2)CC2(CNC(=O)C2)C1. The van der Waals surface area contributed by atoms with Crippen molar-refractivity contribution in [2.24, 2.45) is 5.41 Å². The lowest BCUT2D eigenvalue weighted by molar-refractivity contribution is -0.119. The van der Waals surface area contributed by atoms with Crippen LogP contribution in [0.4, 0.5) is 0 Å². The Morgan fingerprint density at radius 2 is 1.88 bits per heavy atom. The molecule has 2 aliphatic heterocycles. The Kier molecular flexibility index (Phi) is 4.35. The van der Waals surface area contributed by atoms with E-state index in [9.17, 15) is 18.0 Å². The smallest absolute Gasteiger partial charge is 0.253 e. The van der Waals surface area contributed by atoms with Crippen molar-refractivity contribution >= 4 is 21.8 Å². The first-order chi connectivity index (χ1) is 11.3. The molecule has 0 aliphatic carbocycles. The van der Waals surface area contributed by atoms with Gasteiger partial charge >= 0.3 is 0 Å². The van der Waals surface area contributed by atoms with Gasteiger partial charge in [-0.1, -0.05) is 18.2 Å². The molecule has 2 amide bonds. The molecule has 0 bridgehead atoms. The Labute approximate surface area is 141 Å². The van der Waals surface area contributed by atoms with Crippen LogP contribution >= 0.6 is 0 Å². The van der Waals surface area contributed by atoms with Crippen molar-refractivity contribution in [2.75, 3.05) is 39.0 Å². The summed E-state index contributed by atoms with van der Waals surface area (Å²) in [5.41, 5.74) is -0.000999. The van der Waals surface area contributed by atoms with Crippen molar-refractivity contribution in [3.05, 3.63) is 35.9 Å². The van der Waals surface area contributed by atoms with Gasteiger partial charge in [-0.15, -0.1) is 0 Å². The number of sulfonamides is 1. The minimum Gasteiger partial charge on any atom is -0.355 e. The van der Waals surface area contributed by atoms with E-state index >= 15 is 0 Å². The van der Waals surface area contributed by atoms with Gasteiger partial charge in [0.25, 0.3) is 5.91 Å². The lowest BCUT2D eigenvalue weighted by atomic mass is 9.86. The van der Waals surface area contributed by atoms with Gasteiger partial charge in [-0.3, -0.25) is 9.59 Å². The maximum Gasteiger partial charge on any atom is 0.253 e. The van der Waals surface area contributed by atoms with Crippen LogP contribution in [-0.4, -0.2) is 68.4 Å². The molecule has 0 aromatic heterocycles. The van der Waals surface area contributed by atoms with Crippen LogP contribution < -0.4 is 5.32 Å². The van der Waals surface area contributed by atoms with E-state index in [-0.39, 0.29) is 31.3 Å². The van der Waals surface area contributed by atoms with Gasteiger partial charge in [0.05, 0.1) is 6.26 Å². The summed E-state index contributed by atoms with van der Waals surface area (Å²) >= 11 is 0. The first-order valence-corrected chi connectivity index (χ1v) is 9.70. The van der Waals surface area contributed by atoms with E-state index in [2.05, 4.69) is 5.32 Å². The number of hydrogen-bond donors (Lipinski definition) is 1. The second-order valence-electron chi connectivity index (χ2n) is 6.64. The quantitative estimate of drug-likeness (QED) is 0.807. The summed E-state index contributed by atoms with van der Waals surface area (Å²) in [6.45, 7) is 1.56. The molecule has 1 aromatic rings. The topological polar surface area (TPSA) is 86.8 Å². The molecule has 1 N–H and O–H groups in total. The fraction of sp³-hybridized carbons (Fsp3) is 0.500. The maximum absolute atomic E-state index is 12.8. The van der Waals surface area contributed by atoms with Crippen molar-refractivity contribution in [3.63, 3.8) is 0 Å². The summed E-state index contributed by atoms with van der Waals surface area (Å²) in [4.78, 5) is 26.2. The van der Waals surface area contributed by atoms with Gasteiger partial charge in [0.2, 0.25) is 15.9 Å². The highest BCUT2D eigenvalue weighted by Gasteiger charge is 2.45. The molecule has 7 nitrogen and oxygen atoms in total. The van der Waals surface area contributed by atoms with E-state index in [4.69, 9.17) is 0 Å². The standard InChI is InChI=1S/C16H21N3O4S/c1-24(22,23)19-8-7-18(15(21)13-5-3-2-4-6-13)11-16(12-19)9-14(20)17-10-16/h2-6H,7-12H2,1H3,(H,17,20). The van der Waals surface area contributed by atoms with E-state index in [0.717, 1.165) is 0 Å². The molecule has 1 spiro atoms. The predicted octanol–water partition coefficient (Wildman–Crippen LogP) is -0.0897. The molecule has 3 rings (SSSR count). The van der Waals surface area contributed by atoms with Crippen molar-refractivity contribution in [1.29, 1.82) is 0 Å². The highest BCUT2D eigenvalue weighted by molar-refractivity contribution is 7.88. The van der Waals surface area contributed by atoms with E-state index in [1.165, 1.54) is 10.6 Å². The Hall–Kier alpha value is -1.93. The lowest BCUT2D eigenvalue weighted by Gasteiger charge is -2.32. The van der Waals surface area contributed by atoms with Gasteiger partial charge in [0.1, 0.15) is 0 Å². The minimum atomic E-state index is -3.39. The average Bonchev–Trinajstić information content (AvgIpc) is 2.78. The number of rotatable bonds is 2. The summed E-state index contributed by atoms with van der Waals surface area (Å²) in [6.07, 6.45) is 1.40. The molecule has 0 radical (unpaired) electrons. The Morgan fingerprint density at radius 3 is 2.46 bits per heavy atom. The number of carbonyl (C=O) groups is 2. The van der Waals surface area contributed by atoms with Crippen molar-refractivity contribution < 1.29 is 18.0 Å². The van der Waals surface area contributed by atoms with Crippen LogP contribution in [0.25, 0.3) is 0 Å². The molecule has 0 saturated carbocycles. The fourth-order valence-electron chi connectivity index (χ4n) is 3.41. The first-order valence-electron chi connectivity index (χ1n) is 7.85. The third-order valence-electron chi connectivity index (χ3n) is 4.63. The van der Waals surface area contributed by atoms with Crippen LogP contribution in [0.5, 0.6) is 0 Å². The molecule has 1 unspecified atom stereocenters. The molecule has 130 valence electrons. The minimum absolute atomic E-state index is 0.0996. The van der Waals surface area contributed by atoms with Crippen LogP contribution in [0.1, 0.15) is 16.8 Å². The summed E-state index contributed by atoms with van der Waals surface area (Å²) in [5.74, 6) is -0.234. The van der Waals surface area contributed by atoms with E-state index in [0.29, 0.717) is 25.2 Å². The molecule has 2 aliphatic rings. The fourth-order valence-corrected chi connectivity index (χ4v) is 4.34. The maximum atomic E-state index is 12.8. The number of amides is 2. The molecule has 2 fully saturated rings. The summed E-state index contributed by atoms with van der Waals surface area (Å²) < 4.78 is 25.4. The molecule has 2 heterocycles. The molecular formula is C16H21N3O4S. The number of benzene rings is 1. The second kappa shape index (κ2) is 6.18.